The van der Waals surface area contributed by atoms with Gasteiger partial charge in [-0.15, -0.1) is 0 Å². The number of ether oxygens (including phenoxy) is 2. The molecule has 1 atom stereocenters. The second-order valence-electron chi connectivity index (χ2n) is 7.44. The maximum Gasteiger partial charge on any atom is 0.417 e. The number of amides is 2. The third-order valence-electron chi connectivity index (χ3n) is 5.32. The van der Waals surface area contributed by atoms with Crippen LogP contribution in [0.1, 0.15) is 30.4 Å². The standard InChI is InChI=1S/C21H20F3N3O4/c1-27-16(5-7-18(27)28)20(29)26-15-10-14(9-12-3-2-8-30-19(12)15)31-17-6-4-13(11-25-17)21(22,23)24/h4,6,9-11,16H,2-3,5,7-8H2,1H3,(H,26,29)/t16-/m0/s1. The quantitative estimate of drug-likeness (QED) is 0.791. The van der Waals surface area contributed by atoms with Crippen LogP contribution in [0.4, 0.5) is 18.9 Å². The number of likely N-dealkylation sites (tertiary alicyclic amines) is 1. The van der Waals surface area contributed by atoms with Crippen molar-refractivity contribution in [2.75, 3.05) is 19.0 Å². The second-order valence-corrected chi connectivity index (χ2v) is 7.44. The van der Waals surface area contributed by atoms with E-state index in [9.17, 15) is 22.8 Å². The van der Waals surface area contributed by atoms with E-state index >= 15 is 0 Å². The molecule has 4 rings (SSSR count). The molecule has 10 heteroatoms. The lowest BCUT2D eigenvalue weighted by molar-refractivity contribution is -0.137. The molecule has 2 amide bonds. The molecule has 1 aromatic heterocycles. The maximum absolute atomic E-state index is 12.7. The van der Waals surface area contributed by atoms with Crippen LogP contribution in [0.15, 0.2) is 30.5 Å². The molecule has 1 N–H and O–H groups in total. The average molecular weight is 435 g/mol. The molecule has 164 valence electrons. The number of carbonyl (C=O) groups excluding carboxylic acids is 2. The Balaban J connectivity index is 1.58. The van der Waals surface area contributed by atoms with Gasteiger partial charge in [0.25, 0.3) is 0 Å². The Bertz CT molecular complexity index is 1010. The van der Waals surface area contributed by atoms with Gasteiger partial charge in [-0.25, -0.2) is 4.98 Å². The molecule has 2 aliphatic heterocycles. The Labute approximate surface area is 176 Å². The molecule has 31 heavy (non-hydrogen) atoms. The smallest absolute Gasteiger partial charge is 0.417 e. The zero-order valence-electron chi connectivity index (χ0n) is 16.7. The normalized spacial score (nSPS) is 18.4. The predicted octanol–water partition coefficient (Wildman–Crippen LogP) is 3.78. The Kier molecular flexibility index (Phi) is 5.47. The largest absolute Gasteiger partial charge is 0.491 e. The average Bonchev–Trinajstić information content (AvgIpc) is 3.06. The molecule has 0 bridgehead atoms. The van der Waals surface area contributed by atoms with E-state index in [1.54, 1.807) is 13.1 Å². The Hall–Kier alpha value is -3.30. The lowest BCUT2D eigenvalue weighted by Gasteiger charge is -2.24. The minimum absolute atomic E-state index is 0.0110. The van der Waals surface area contributed by atoms with Crippen LogP contribution < -0.4 is 14.8 Å². The summed E-state index contributed by atoms with van der Waals surface area (Å²) in [7, 11) is 1.58. The van der Waals surface area contributed by atoms with Crippen molar-refractivity contribution in [1.29, 1.82) is 0 Å². The van der Waals surface area contributed by atoms with Crippen molar-refractivity contribution in [3.05, 3.63) is 41.6 Å². The second kappa shape index (κ2) is 8.09. The molecular weight excluding hydrogens is 415 g/mol. The number of aromatic nitrogens is 1. The van der Waals surface area contributed by atoms with Crippen molar-refractivity contribution in [3.8, 4) is 17.4 Å². The molecular formula is C21H20F3N3O4. The summed E-state index contributed by atoms with van der Waals surface area (Å²) in [6.45, 7) is 0.498. The molecule has 2 aliphatic rings. The number of rotatable bonds is 4. The van der Waals surface area contributed by atoms with Gasteiger partial charge in [-0.3, -0.25) is 9.59 Å². The van der Waals surface area contributed by atoms with E-state index < -0.39 is 17.8 Å². The molecule has 0 radical (unpaired) electrons. The summed E-state index contributed by atoms with van der Waals surface area (Å²) in [6.07, 6.45) is -1.57. The summed E-state index contributed by atoms with van der Waals surface area (Å²) in [4.78, 5) is 29.6. The number of alkyl halides is 3. The lowest BCUT2D eigenvalue weighted by Crippen LogP contribution is -2.39. The van der Waals surface area contributed by atoms with Crippen LogP contribution in [0.25, 0.3) is 0 Å². The van der Waals surface area contributed by atoms with Gasteiger partial charge >= 0.3 is 6.18 Å². The summed E-state index contributed by atoms with van der Waals surface area (Å²) in [5.41, 5.74) is 0.320. The summed E-state index contributed by atoms with van der Waals surface area (Å²) in [5.74, 6) is 0.392. The molecule has 3 heterocycles. The fourth-order valence-corrected chi connectivity index (χ4v) is 3.66. The van der Waals surface area contributed by atoms with Gasteiger partial charge in [0.05, 0.1) is 17.9 Å². The van der Waals surface area contributed by atoms with Crippen LogP contribution in [-0.2, 0) is 22.2 Å². The SMILES string of the molecule is CN1C(=O)CC[C@H]1C(=O)Nc1cc(Oc2ccc(C(F)(F)F)cn2)cc2c1OCCC2. The molecule has 0 unspecified atom stereocenters. The molecule has 1 saturated heterocycles. The topological polar surface area (TPSA) is 80.8 Å². The number of aryl methyl sites for hydroxylation is 1. The highest BCUT2D eigenvalue weighted by atomic mass is 19.4. The number of likely N-dealkylation sites (N-methyl/N-ethyl adjacent to an activating group) is 1. The van der Waals surface area contributed by atoms with Crippen LogP contribution in [0.3, 0.4) is 0 Å². The molecule has 1 aromatic carbocycles. The summed E-state index contributed by atoms with van der Waals surface area (Å²) < 4.78 is 49.6. The van der Waals surface area contributed by atoms with Gasteiger partial charge in [-0.2, -0.15) is 13.2 Å². The Morgan fingerprint density at radius 2 is 2.10 bits per heavy atom. The van der Waals surface area contributed by atoms with Gasteiger partial charge in [-0.1, -0.05) is 0 Å². The van der Waals surface area contributed by atoms with Crippen molar-refractivity contribution < 1.29 is 32.2 Å². The van der Waals surface area contributed by atoms with Crippen molar-refractivity contribution in [2.24, 2.45) is 0 Å². The summed E-state index contributed by atoms with van der Waals surface area (Å²) in [6, 6.07) is 4.70. The van der Waals surface area contributed by atoms with Crippen LogP contribution in [0, 0.1) is 0 Å². The number of nitrogens with one attached hydrogen (secondary N) is 1. The number of nitrogens with zero attached hydrogens (tertiary/aromatic N) is 2. The first-order chi connectivity index (χ1) is 14.7. The fraction of sp³-hybridized carbons (Fsp3) is 0.381. The molecule has 0 aliphatic carbocycles. The number of pyridine rings is 1. The molecule has 0 spiro atoms. The van der Waals surface area contributed by atoms with Crippen LogP contribution in [0.5, 0.6) is 17.4 Å². The summed E-state index contributed by atoms with van der Waals surface area (Å²) >= 11 is 0. The van der Waals surface area contributed by atoms with Gasteiger partial charge in [0.15, 0.2) is 0 Å². The van der Waals surface area contributed by atoms with E-state index in [2.05, 4.69) is 10.3 Å². The lowest BCUT2D eigenvalue weighted by atomic mass is 10.0. The number of halogens is 3. The molecule has 1 fully saturated rings. The Morgan fingerprint density at radius 1 is 1.29 bits per heavy atom. The molecule has 2 aromatic rings. The highest BCUT2D eigenvalue weighted by molar-refractivity contribution is 6.00. The highest BCUT2D eigenvalue weighted by Gasteiger charge is 2.34. The Morgan fingerprint density at radius 3 is 2.74 bits per heavy atom. The third-order valence-corrected chi connectivity index (χ3v) is 5.32. The van der Waals surface area contributed by atoms with E-state index in [0.29, 0.717) is 49.3 Å². The molecule has 0 saturated carbocycles. The summed E-state index contributed by atoms with van der Waals surface area (Å²) in [5, 5.41) is 2.81. The fourth-order valence-electron chi connectivity index (χ4n) is 3.66. The number of hydrogen-bond donors (Lipinski definition) is 1. The van der Waals surface area contributed by atoms with E-state index in [-0.39, 0.29) is 17.7 Å². The first kappa shape index (κ1) is 21.0. The number of benzene rings is 1. The zero-order chi connectivity index (χ0) is 22.2. The van der Waals surface area contributed by atoms with Gasteiger partial charge in [0.2, 0.25) is 17.7 Å². The van der Waals surface area contributed by atoms with Crippen LogP contribution in [0.2, 0.25) is 0 Å². The maximum atomic E-state index is 12.7. The minimum atomic E-state index is -4.49. The van der Waals surface area contributed by atoms with Crippen LogP contribution in [-0.4, -0.2) is 41.4 Å². The first-order valence-corrected chi connectivity index (χ1v) is 9.80. The molecule has 7 nitrogen and oxygen atoms in total. The number of carbonyl (C=O) groups is 2. The monoisotopic (exact) mass is 435 g/mol. The van der Waals surface area contributed by atoms with Crippen molar-refractivity contribution in [1.82, 2.24) is 9.88 Å². The van der Waals surface area contributed by atoms with Crippen molar-refractivity contribution in [3.63, 3.8) is 0 Å². The van der Waals surface area contributed by atoms with Crippen molar-refractivity contribution in [2.45, 2.75) is 37.9 Å². The van der Waals surface area contributed by atoms with Gasteiger partial charge in [-0.05, 0) is 31.4 Å². The van der Waals surface area contributed by atoms with Crippen molar-refractivity contribution >= 4 is 17.5 Å². The van der Waals surface area contributed by atoms with Gasteiger partial charge in [0, 0.05) is 37.4 Å². The third kappa shape index (κ3) is 4.42. The van der Waals surface area contributed by atoms with Gasteiger partial charge in [0.1, 0.15) is 17.5 Å². The first-order valence-electron chi connectivity index (χ1n) is 9.80. The number of anilines is 1. The predicted molar refractivity (Wildman–Crippen MR) is 104 cm³/mol. The van der Waals surface area contributed by atoms with E-state index in [0.717, 1.165) is 24.1 Å². The zero-order valence-corrected chi connectivity index (χ0v) is 16.7. The minimum Gasteiger partial charge on any atom is -0.491 e. The highest BCUT2D eigenvalue weighted by Crippen LogP contribution is 2.39. The van der Waals surface area contributed by atoms with Crippen LogP contribution >= 0.6 is 0 Å². The van der Waals surface area contributed by atoms with E-state index in [4.69, 9.17) is 9.47 Å². The van der Waals surface area contributed by atoms with E-state index in [1.807, 2.05) is 0 Å². The number of fused-ring (bicyclic) bond motifs is 1. The number of hydrogen-bond acceptors (Lipinski definition) is 5. The van der Waals surface area contributed by atoms with E-state index in [1.165, 1.54) is 11.0 Å². The van der Waals surface area contributed by atoms with Gasteiger partial charge < -0.3 is 19.7 Å².